The van der Waals surface area contributed by atoms with Crippen LogP contribution in [0.5, 0.6) is 0 Å². The first-order valence-corrected chi connectivity index (χ1v) is 12.6. The van der Waals surface area contributed by atoms with Crippen LogP contribution in [0.1, 0.15) is 50.7 Å². The Hall–Kier alpha value is -3.22. The molecule has 2 aliphatic heterocycles. The van der Waals surface area contributed by atoms with Gasteiger partial charge in [0.25, 0.3) is 0 Å². The highest BCUT2D eigenvalue weighted by Crippen LogP contribution is 2.30. The van der Waals surface area contributed by atoms with Crippen LogP contribution < -0.4 is 4.90 Å². The molecular weight excluding hydrogens is 442 g/mol. The van der Waals surface area contributed by atoms with Gasteiger partial charge in [0.2, 0.25) is 0 Å². The van der Waals surface area contributed by atoms with E-state index in [-0.39, 0.29) is 12.2 Å². The zero-order chi connectivity index (χ0) is 24.8. The van der Waals surface area contributed by atoms with Crippen molar-refractivity contribution in [3.05, 3.63) is 65.7 Å². The molecule has 0 unspecified atom stereocenters. The molecule has 0 saturated carbocycles. The van der Waals surface area contributed by atoms with E-state index in [0.717, 1.165) is 31.5 Å². The summed E-state index contributed by atoms with van der Waals surface area (Å²) in [5, 5.41) is 0. The second-order valence-electron chi connectivity index (χ2n) is 10.3. The predicted octanol–water partition coefficient (Wildman–Crippen LogP) is 5.26. The van der Waals surface area contributed by atoms with Crippen LogP contribution in [-0.4, -0.2) is 66.9 Å². The fourth-order valence-electron chi connectivity index (χ4n) is 4.64. The number of carbonyl (C=O) groups is 2. The summed E-state index contributed by atoms with van der Waals surface area (Å²) in [7, 11) is 0. The van der Waals surface area contributed by atoms with Gasteiger partial charge in [-0.15, -0.1) is 0 Å². The summed E-state index contributed by atoms with van der Waals surface area (Å²) >= 11 is 0. The maximum absolute atomic E-state index is 12.4. The smallest absolute Gasteiger partial charge is 0.410 e. The van der Waals surface area contributed by atoms with Gasteiger partial charge in [0.15, 0.2) is 0 Å². The topological polar surface area (TPSA) is 62.3 Å². The van der Waals surface area contributed by atoms with Crippen molar-refractivity contribution in [2.24, 2.45) is 0 Å². The molecule has 0 atom stereocenters. The number of nitrogens with zero attached hydrogens (tertiary/aromatic N) is 3. The molecule has 188 valence electrons. The molecule has 0 radical (unpaired) electrons. The van der Waals surface area contributed by atoms with Gasteiger partial charge in [-0.2, -0.15) is 0 Å². The van der Waals surface area contributed by atoms with Crippen LogP contribution in [-0.2, 0) is 16.1 Å². The van der Waals surface area contributed by atoms with Crippen LogP contribution in [0.25, 0.3) is 0 Å². The maximum atomic E-state index is 12.4. The number of ether oxygens (including phenoxy) is 2. The number of rotatable bonds is 4. The summed E-state index contributed by atoms with van der Waals surface area (Å²) < 4.78 is 11.0. The minimum absolute atomic E-state index is 0.229. The second-order valence-corrected chi connectivity index (χ2v) is 10.3. The molecule has 7 heteroatoms. The monoisotopic (exact) mass is 479 g/mol. The molecule has 0 spiro atoms. The Balaban J connectivity index is 1.22. The summed E-state index contributed by atoms with van der Waals surface area (Å²) in [6, 6.07) is 18.6. The number of piperazine rings is 1. The summed E-state index contributed by atoms with van der Waals surface area (Å²) in [5.41, 5.74) is 3.03. The van der Waals surface area contributed by atoms with E-state index in [9.17, 15) is 9.59 Å². The number of piperidine rings is 1. The zero-order valence-corrected chi connectivity index (χ0v) is 21.1. The molecule has 2 fully saturated rings. The van der Waals surface area contributed by atoms with Gasteiger partial charge in [-0.3, -0.25) is 0 Å². The molecule has 2 aromatic carbocycles. The summed E-state index contributed by atoms with van der Waals surface area (Å²) in [6.07, 6.45) is 1.42. The largest absolute Gasteiger partial charge is 0.445 e. The van der Waals surface area contributed by atoms with Crippen molar-refractivity contribution >= 4 is 17.9 Å². The Morgan fingerprint density at radius 2 is 1.40 bits per heavy atom. The van der Waals surface area contributed by atoms with Gasteiger partial charge < -0.3 is 24.2 Å². The van der Waals surface area contributed by atoms with Gasteiger partial charge in [-0.25, -0.2) is 9.59 Å². The fraction of sp³-hybridized carbons (Fsp3) is 0.500. The molecule has 2 aliphatic rings. The molecule has 0 aromatic heterocycles. The lowest BCUT2D eigenvalue weighted by atomic mass is 9.89. The van der Waals surface area contributed by atoms with Crippen molar-refractivity contribution in [3.8, 4) is 0 Å². The Bertz CT molecular complexity index is 972. The summed E-state index contributed by atoms with van der Waals surface area (Å²) in [6.45, 7) is 10.3. The van der Waals surface area contributed by atoms with Crippen LogP contribution >= 0.6 is 0 Å². The normalized spacial score (nSPS) is 17.3. The van der Waals surface area contributed by atoms with Crippen molar-refractivity contribution in [2.45, 2.75) is 51.7 Å². The number of likely N-dealkylation sites (tertiary alicyclic amines) is 1. The molecule has 7 nitrogen and oxygen atoms in total. The number of benzene rings is 2. The third kappa shape index (κ3) is 6.90. The van der Waals surface area contributed by atoms with E-state index < -0.39 is 5.60 Å². The molecule has 2 heterocycles. The Morgan fingerprint density at radius 3 is 2.00 bits per heavy atom. The van der Waals surface area contributed by atoms with E-state index in [4.69, 9.17) is 9.47 Å². The zero-order valence-electron chi connectivity index (χ0n) is 21.1. The van der Waals surface area contributed by atoms with E-state index in [1.807, 2.05) is 56.0 Å². The highest BCUT2D eigenvalue weighted by atomic mass is 16.6. The molecule has 0 N–H and O–H groups in total. The molecule has 2 amide bonds. The average Bonchev–Trinajstić information content (AvgIpc) is 2.87. The molecule has 2 saturated heterocycles. The molecular formula is C28H37N3O4. The molecule has 35 heavy (non-hydrogen) atoms. The molecule has 4 rings (SSSR count). The van der Waals surface area contributed by atoms with Crippen LogP contribution in [0.2, 0.25) is 0 Å². The summed E-state index contributed by atoms with van der Waals surface area (Å²) in [5.74, 6) is 0.450. The van der Waals surface area contributed by atoms with E-state index in [1.165, 1.54) is 11.3 Å². The highest BCUT2D eigenvalue weighted by Gasteiger charge is 2.27. The first-order chi connectivity index (χ1) is 16.8. The number of carbonyl (C=O) groups excluding carboxylic acids is 2. The van der Waals surface area contributed by atoms with Crippen LogP contribution in [0.3, 0.4) is 0 Å². The predicted molar refractivity (Wildman–Crippen MR) is 137 cm³/mol. The minimum Gasteiger partial charge on any atom is -0.445 e. The first-order valence-electron chi connectivity index (χ1n) is 12.6. The van der Waals surface area contributed by atoms with Crippen molar-refractivity contribution in [1.82, 2.24) is 9.80 Å². The van der Waals surface area contributed by atoms with Crippen LogP contribution in [0, 0.1) is 0 Å². The van der Waals surface area contributed by atoms with Crippen LogP contribution in [0.15, 0.2) is 54.6 Å². The summed E-state index contributed by atoms with van der Waals surface area (Å²) in [4.78, 5) is 30.6. The van der Waals surface area contributed by atoms with Gasteiger partial charge in [-0.05, 0) is 62.8 Å². The standard InChI is InChI=1S/C28H37N3O4/c1-28(2,3)35-27(33)31-19-17-29(18-20-31)25-11-9-23(10-12-25)24-13-15-30(16-14-24)26(32)34-21-22-7-5-4-6-8-22/h4-12,24H,13-21H2,1-3H3. The average molecular weight is 480 g/mol. The number of amides is 2. The van der Waals surface area contributed by atoms with Crippen molar-refractivity contribution < 1.29 is 19.1 Å². The first kappa shape index (κ1) is 24.9. The van der Waals surface area contributed by atoms with E-state index in [2.05, 4.69) is 29.2 Å². The van der Waals surface area contributed by atoms with E-state index >= 15 is 0 Å². The van der Waals surface area contributed by atoms with E-state index in [1.54, 1.807) is 4.90 Å². The number of anilines is 1. The SMILES string of the molecule is CC(C)(C)OC(=O)N1CCN(c2ccc(C3CCN(C(=O)OCc4ccccc4)CC3)cc2)CC1. The number of hydrogen-bond acceptors (Lipinski definition) is 5. The van der Waals surface area contributed by atoms with E-state index in [0.29, 0.717) is 38.7 Å². The van der Waals surface area contributed by atoms with Gasteiger partial charge in [0.05, 0.1) is 0 Å². The molecule has 0 aliphatic carbocycles. The van der Waals surface area contributed by atoms with Crippen molar-refractivity contribution in [1.29, 1.82) is 0 Å². The highest BCUT2D eigenvalue weighted by molar-refractivity contribution is 5.69. The van der Waals surface area contributed by atoms with Crippen molar-refractivity contribution in [2.75, 3.05) is 44.2 Å². The van der Waals surface area contributed by atoms with Crippen molar-refractivity contribution in [3.63, 3.8) is 0 Å². The lowest BCUT2D eigenvalue weighted by molar-refractivity contribution is 0.0240. The van der Waals surface area contributed by atoms with Gasteiger partial charge in [0.1, 0.15) is 12.2 Å². The Morgan fingerprint density at radius 1 is 0.800 bits per heavy atom. The molecule has 0 bridgehead atoms. The third-order valence-corrected chi connectivity index (χ3v) is 6.62. The Kier molecular flexibility index (Phi) is 7.83. The van der Waals surface area contributed by atoms with Gasteiger partial charge in [-0.1, -0.05) is 42.5 Å². The van der Waals surface area contributed by atoms with Crippen LogP contribution in [0.4, 0.5) is 15.3 Å². The molecule has 2 aromatic rings. The van der Waals surface area contributed by atoms with Gasteiger partial charge in [0, 0.05) is 45.0 Å². The minimum atomic E-state index is -0.470. The lowest BCUT2D eigenvalue weighted by Gasteiger charge is -2.37. The van der Waals surface area contributed by atoms with Gasteiger partial charge >= 0.3 is 12.2 Å². The quantitative estimate of drug-likeness (QED) is 0.599. The third-order valence-electron chi connectivity index (χ3n) is 6.62. The lowest BCUT2D eigenvalue weighted by Crippen LogP contribution is -2.50. The number of hydrogen-bond donors (Lipinski definition) is 0. The Labute approximate surface area is 208 Å². The fourth-order valence-corrected chi connectivity index (χ4v) is 4.64. The second kappa shape index (κ2) is 11.0. The maximum Gasteiger partial charge on any atom is 0.410 e.